The van der Waals surface area contributed by atoms with Crippen LogP contribution in [0, 0.1) is 18.3 Å². The number of nitrogens with zero attached hydrogens (tertiary/aromatic N) is 3. The Hall–Kier alpha value is -3.98. The Bertz CT molecular complexity index is 1230. The zero-order valence-electron chi connectivity index (χ0n) is 19.8. The Morgan fingerprint density at radius 1 is 1.33 bits per heavy atom. The summed E-state index contributed by atoms with van der Waals surface area (Å²) in [5.41, 5.74) is 4.16. The van der Waals surface area contributed by atoms with Crippen LogP contribution in [0.25, 0.3) is 5.52 Å². The number of carboxylic acid groups (broad SMARTS) is 1. The van der Waals surface area contributed by atoms with Crippen molar-refractivity contribution in [2.75, 3.05) is 30.3 Å². The molecule has 36 heavy (non-hydrogen) atoms. The Morgan fingerprint density at radius 2 is 2.03 bits per heavy atom. The minimum atomic E-state index is -5.08. The number of fused-ring (bicyclic) bond motifs is 1. The molecular weight excluding hydrogens is 477 g/mol. The van der Waals surface area contributed by atoms with Gasteiger partial charge in [0.05, 0.1) is 24.0 Å². The third-order valence-electron chi connectivity index (χ3n) is 5.56. The number of alkyl halides is 3. The number of aliphatic carboxylic acids is 1. The van der Waals surface area contributed by atoms with E-state index in [9.17, 15) is 18.4 Å². The molecule has 3 heterocycles. The summed E-state index contributed by atoms with van der Waals surface area (Å²) in [4.78, 5) is 8.90. The maximum absolute atomic E-state index is 10.6. The first-order chi connectivity index (χ1) is 17.2. The number of hydrogen-bond donors (Lipinski definition) is 4. The number of ether oxygens (including phenoxy) is 1. The molecule has 4 rings (SSSR count). The molecule has 12 heteroatoms. The van der Waals surface area contributed by atoms with Crippen molar-refractivity contribution in [1.82, 2.24) is 14.9 Å². The summed E-state index contributed by atoms with van der Waals surface area (Å²) in [5, 5.41) is 31.9. The van der Waals surface area contributed by atoms with E-state index >= 15 is 0 Å². The van der Waals surface area contributed by atoms with Gasteiger partial charge in [-0.05, 0) is 63.6 Å². The molecule has 4 N–H and O–H groups in total. The Balaban J connectivity index is 0.000000454. The zero-order chi connectivity index (χ0) is 26.3. The lowest BCUT2D eigenvalue weighted by atomic mass is 10.1. The van der Waals surface area contributed by atoms with Gasteiger partial charge >= 0.3 is 12.1 Å². The first-order valence-electron chi connectivity index (χ1n) is 11.3. The maximum atomic E-state index is 10.6. The fourth-order valence-corrected chi connectivity index (χ4v) is 3.84. The zero-order valence-corrected chi connectivity index (χ0v) is 19.8. The molecule has 1 aliphatic heterocycles. The van der Waals surface area contributed by atoms with Crippen molar-refractivity contribution in [3.05, 3.63) is 47.7 Å². The molecule has 2 aromatic heterocycles. The van der Waals surface area contributed by atoms with Gasteiger partial charge in [0.2, 0.25) is 0 Å². The molecule has 0 saturated carbocycles. The lowest BCUT2D eigenvalue weighted by molar-refractivity contribution is -0.192. The first-order valence-corrected chi connectivity index (χ1v) is 11.3. The number of benzene rings is 1. The molecule has 1 atom stereocenters. The fourth-order valence-electron chi connectivity index (χ4n) is 3.84. The van der Waals surface area contributed by atoms with Crippen LogP contribution in [0.3, 0.4) is 0 Å². The highest BCUT2D eigenvalue weighted by molar-refractivity contribution is 5.82. The Labute approximate surface area is 205 Å². The van der Waals surface area contributed by atoms with E-state index < -0.39 is 12.1 Å². The lowest BCUT2D eigenvalue weighted by Gasteiger charge is -2.20. The molecule has 9 nitrogen and oxygen atoms in total. The van der Waals surface area contributed by atoms with Crippen LogP contribution in [0.1, 0.15) is 30.9 Å². The third kappa shape index (κ3) is 6.37. The SMILES string of the molecule is CCOc1ccc(Nc2c(C)c(NCC3CCCN3)c(C#N)c3ccnn23)cc1.O=C(O)C(F)(F)F. The van der Waals surface area contributed by atoms with Crippen molar-refractivity contribution < 1.29 is 27.8 Å². The monoisotopic (exact) mass is 504 g/mol. The van der Waals surface area contributed by atoms with Crippen LogP contribution < -0.4 is 20.7 Å². The highest BCUT2D eigenvalue weighted by Crippen LogP contribution is 2.33. The molecule has 0 amide bonds. The Kier molecular flexibility index (Phi) is 8.60. The van der Waals surface area contributed by atoms with Gasteiger partial charge in [-0.3, -0.25) is 0 Å². The van der Waals surface area contributed by atoms with Crippen molar-refractivity contribution in [3.8, 4) is 11.8 Å². The van der Waals surface area contributed by atoms with Gasteiger partial charge < -0.3 is 25.8 Å². The number of nitriles is 1. The number of pyridine rings is 1. The standard InChI is InChI=1S/C22H26N6O.C2HF3O2/c1-3-29-18-8-6-16(7-9-18)27-22-15(2)21(25-14-17-5-4-11-24-17)19(13-23)20-10-12-26-28(20)22;3-2(4,5)1(6)7/h6-10,12,17,24-25,27H,3-5,11,14H2,1-2H3;(H,6,7). The summed E-state index contributed by atoms with van der Waals surface area (Å²) >= 11 is 0. The number of rotatable bonds is 7. The van der Waals surface area contributed by atoms with E-state index in [1.807, 2.05) is 44.2 Å². The largest absolute Gasteiger partial charge is 0.494 e. The van der Waals surface area contributed by atoms with Gasteiger partial charge in [0.25, 0.3) is 0 Å². The van der Waals surface area contributed by atoms with Gasteiger partial charge in [-0.1, -0.05) is 0 Å². The molecule has 1 aromatic carbocycles. The van der Waals surface area contributed by atoms with E-state index in [0.717, 1.165) is 53.5 Å². The van der Waals surface area contributed by atoms with E-state index in [-0.39, 0.29) is 0 Å². The molecule has 1 unspecified atom stereocenters. The summed E-state index contributed by atoms with van der Waals surface area (Å²) in [6.45, 7) is 6.48. The summed E-state index contributed by atoms with van der Waals surface area (Å²) in [6.07, 6.45) is -1.01. The van der Waals surface area contributed by atoms with Gasteiger partial charge in [-0.25, -0.2) is 9.31 Å². The smallest absolute Gasteiger partial charge is 0.490 e. The highest BCUT2D eigenvalue weighted by atomic mass is 19.4. The van der Waals surface area contributed by atoms with Crippen molar-refractivity contribution in [3.63, 3.8) is 0 Å². The number of anilines is 3. The summed E-state index contributed by atoms with van der Waals surface area (Å²) in [5.74, 6) is -1.08. The molecule has 3 aromatic rings. The normalized spacial score (nSPS) is 15.1. The average Bonchev–Trinajstić information content (AvgIpc) is 3.53. The molecule has 0 bridgehead atoms. The topological polar surface area (TPSA) is 124 Å². The van der Waals surface area contributed by atoms with Crippen LogP contribution in [-0.4, -0.2) is 52.6 Å². The summed E-state index contributed by atoms with van der Waals surface area (Å²) in [6, 6.07) is 12.5. The van der Waals surface area contributed by atoms with Gasteiger partial charge in [0.1, 0.15) is 23.2 Å². The van der Waals surface area contributed by atoms with E-state index in [1.54, 1.807) is 10.7 Å². The number of aromatic nitrogens is 2. The van der Waals surface area contributed by atoms with E-state index in [2.05, 4.69) is 27.1 Å². The second kappa shape index (κ2) is 11.6. The van der Waals surface area contributed by atoms with Crippen LogP contribution in [0.4, 0.5) is 30.4 Å². The van der Waals surface area contributed by atoms with Crippen molar-refractivity contribution in [1.29, 1.82) is 5.26 Å². The van der Waals surface area contributed by atoms with E-state index in [4.69, 9.17) is 14.6 Å². The number of hydrogen-bond acceptors (Lipinski definition) is 7. The fraction of sp³-hybridized carbons (Fsp3) is 0.375. The van der Waals surface area contributed by atoms with Crippen molar-refractivity contribution in [2.45, 2.75) is 38.9 Å². The van der Waals surface area contributed by atoms with Crippen LogP contribution >= 0.6 is 0 Å². The lowest BCUT2D eigenvalue weighted by Crippen LogP contribution is -2.29. The number of nitrogens with one attached hydrogen (secondary N) is 3. The highest BCUT2D eigenvalue weighted by Gasteiger charge is 2.38. The minimum absolute atomic E-state index is 0.435. The Morgan fingerprint density at radius 3 is 2.58 bits per heavy atom. The molecule has 1 saturated heterocycles. The molecular formula is C24H27F3N6O3. The third-order valence-corrected chi connectivity index (χ3v) is 5.56. The molecule has 1 aliphatic rings. The number of halogens is 3. The first kappa shape index (κ1) is 26.6. The average molecular weight is 505 g/mol. The predicted octanol–water partition coefficient (Wildman–Crippen LogP) is 4.45. The number of carboxylic acids is 1. The molecule has 1 fully saturated rings. The summed E-state index contributed by atoms with van der Waals surface area (Å²) < 4.78 is 39.1. The second-order valence-electron chi connectivity index (χ2n) is 8.02. The minimum Gasteiger partial charge on any atom is -0.494 e. The van der Waals surface area contributed by atoms with E-state index in [1.165, 1.54) is 6.42 Å². The van der Waals surface area contributed by atoms with Gasteiger partial charge in [-0.15, -0.1) is 0 Å². The van der Waals surface area contributed by atoms with Crippen molar-refractivity contribution >= 4 is 28.7 Å². The van der Waals surface area contributed by atoms with Gasteiger partial charge in [0, 0.05) is 23.8 Å². The van der Waals surface area contributed by atoms with Crippen LogP contribution in [0.5, 0.6) is 5.75 Å². The van der Waals surface area contributed by atoms with Crippen molar-refractivity contribution in [2.24, 2.45) is 0 Å². The molecule has 0 aliphatic carbocycles. The molecule has 0 radical (unpaired) electrons. The number of carbonyl (C=O) groups is 1. The maximum Gasteiger partial charge on any atom is 0.490 e. The van der Waals surface area contributed by atoms with Crippen LogP contribution in [0.15, 0.2) is 36.5 Å². The second-order valence-corrected chi connectivity index (χ2v) is 8.02. The van der Waals surface area contributed by atoms with Crippen LogP contribution in [-0.2, 0) is 4.79 Å². The molecule has 192 valence electrons. The van der Waals surface area contributed by atoms with Gasteiger partial charge in [-0.2, -0.15) is 23.5 Å². The van der Waals surface area contributed by atoms with E-state index in [0.29, 0.717) is 18.2 Å². The van der Waals surface area contributed by atoms with Gasteiger partial charge in [0.15, 0.2) is 0 Å². The molecule has 0 spiro atoms. The predicted molar refractivity (Wildman–Crippen MR) is 129 cm³/mol. The van der Waals surface area contributed by atoms with Crippen LogP contribution in [0.2, 0.25) is 0 Å². The summed E-state index contributed by atoms with van der Waals surface area (Å²) in [7, 11) is 0. The quantitative estimate of drug-likeness (QED) is 0.372.